The molecule has 0 aromatic carbocycles. The van der Waals surface area contributed by atoms with Crippen molar-refractivity contribution in [3.05, 3.63) is 0 Å². The van der Waals surface area contributed by atoms with E-state index in [0.717, 1.165) is 0 Å². The van der Waals surface area contributed by atoms with E-state index in [-0.39, 0.29) is 0 Å². The Hall–Kier alpha value is -0.0400. The fourth-order valence-electron chi connectivity index (χ4n) is 2.47. The molecule has 1 fully saturated rings. The van der Waals surface area contributed by atoms with Gasteiger partial charge in [0.05, 0.1) is 0 Å². The maximum atomic E-state index is 5.83. The Balaban J connectivity index is 2.18. The molecule has 0 bridgehead atoms. The van der Waals surface area contributed by atoms with Crippen molar-refractivity contribution in [3.63, 3.8) is 0 Å². The lowest BCUT2D eigenvalue weighted by molar-refractivity contribution is 0.0832. The molecule has 0 atom stereocenters. The maximum Gasteiger partial charge on any atom is 0.00494 e. The molecule has 0 aromatic rings. The summed E-state index contributed by atoms with van der Waals surface area (Å²) in [5.74, 6) is 0. The van der Waals surface area contributed by atoms with Gasteiger partial charge in [-0.05, 0) is 24.7 Å². The third kappa shape index (κ3) is 2.22. The summed E-state index contributed by atoms with van der Waals surface area (Å²) in [5.41, 5.74) is 6.50. The van der Waals surface area contributed by atoms with Crippen molar-refractivity contribution in [1.29, 1.82) is 0 Å². The molecule has 0 aliphatic heterocycles. The predicted octanol–water partition coefficient (Wildman–Crippen LogP) is 3.08. The van der Waals surface area contributed by atoms with Crippen LogP contribution < -0.4 is 5.73 Å². The van der Waals surface area contributed by atoms with Gasteiger partial charge in [0.25, 0.3) is 0 Å². The van der Waals surface area contributed by atoms with Crippen molar-refractivity contribution < 1.29 is 0 Å². The highest BCUT2D eigenvalue weighted by Crippen LogP contribution is 2.46. The smallest absolute Gasteiger partial charge is 0.00494 e. The summed E-state index contributed by atoms with van der Waals surface area (Å²) in [7, 11) is 0. The molecule has 1 rings (SSSR count). The first-order valence-electron chi connectivity index (χ1n) is 5.48. The van der Waals surface area contributed by atoms with Gasteiger partial charge in [-0.15, -0.1) is 0 Å². The number of unbranched alkanes of at least 4 members (excludes halogenated alkanes) is 2. The molecule has 1 aliphatic rings. The topological polar surface area (TPSA) is 26.0 Å². The second kappa shape index (κ2) is 4.27. The normalized spacial score (nSPS) is 34.8. The van der Waals surface area contributed by atoms with Crippen molar-refractivity contribution in [2.45, 2.75) is 64.8 Å². The van der Waals surface area contributed by atoms with Crippen LogP contribution in [0.15, 0.2) is 0 Å². The predicted molar refractivity (Wildman–Crippen MR) is 54.1 cm³/mol. The molecule has 1 aliphatic carbocycles. The third-order valence-electron chi connectivity index (χ3n) is 3.45. The fourth-order valence-corrected chi connectivity index (χ4v) is 2.47. The van der Waals surface area contributed by atoms with Crippen LogP contribution in [0.1, 0.15) is 58.8 Å². The molecule has 0 saturated heterocycles. The second-order valence-electron chi connectivity index (χ2n) is 4.48. The molecule has 1 saturated carbocycles. The molecule has 0 unspecified atom stereocenters. The van der Waals surface area contributed by atoms with Gasteiger partial charge in [0.1, 0.15) is 0 Å². The van der Waals surface area contributed by atoms with Gasteiger partial charge in [0.2, 0.25) is 0 Å². The minimum absolute atomic E-state index is 0.520. The van der Waals surface area contributed by atoms with Gasteiger partial charge >= 0.3 is 0 Å². The van der Waals surface area contributed by atoms with Crippen LogP contribution in [0.25, 0.3) is 0 Å². The van der Waals surface area contributed by atoms with E-state index in [0.29, 0.717) is 11.5 Å². The summed E-state index contributed by atoms with van der Waals surface area (Å²) in [6.45, 7) is 4.59. The average molecular weight is 169 g/mol. The first-order valence-corrected chi connectivity index (χ1v) is 5.48. The van der Waals surface area contributed by atoms with Crippen LogP contribution in [0, 0.1) is 5.41 Å². The van der Waals surface area contributed by atoms with Crippen molar-refractivity contribution in [3.8, 4) is 0 Å². The summed E-state index contributed by atoms with van der Waals surface area (Å²) >= 11 is 0. The standard InChI is InChI=1S/C11H23N/c1-3-5-6-7-11(4-2)8-10(12)9-11/h10H,3-9,12H2,1-2H3. The minimum atomic E-state index is 0.520. The minimum Gasteiger partial charge on any atom is -0.328 e. The molecule has 2 N–H and O–H groups in total. The van der Waals surface area contributed by atoms with Gasteiger partial charge in [0.15, 0.2) is 0 Å². The molecule has 0 spiro atoms. The van der Waals surface area contributed by atoms with E-state index >= 15 is 0 Å². The first-order chi connectivity index (χ1) is 5.72. The van der Waals surface area contributed by atoms with Crippen LogP contribution in [0.3, 0.4) is 0 Å². The number of rotatable bonds is 5. The van der Waals surface area contributed by atoms with Crippen LogP contribution in [-0.2, 0) is 0 Å². The number of nitrogens with two attached hydrogens (primary N) is 1. The molecular formula is C11H23N. The molecular weight excluding hydrogens is 146 g/mol. The Morgan fingerprint density at radius 2 is 1.92 bits per heavy atom. The van der Waals surface area contributed by atoms with Gasteiger partial charge in [0, 0.05) is 6.04 Å². The zero-order chi connectivity index (χ0) is 9.03. The van der Waals surface area contributed by atoms with Crippen molar-refractivity contribution in [2.24, 2.45) is 11.1 Å². The van der Waals surface area contributed by atoms with E-state index < -0.39 is 0 Å². The van der Waals surface area contributed by atoms with Crippen molar-refractivity contribution >= 4 is 0 Å². The first kappa shape index (κ1) is 10.0. The molecule has 72 valence electrons. The molecule has 1 heteroatoms. The van der Waals surface area contributed by atoms with Gasteiger partial charge in [-0.25, -0.2) is 0 Å². The second-order valence-corrected chi connectivity index (χ2v) is 4.48. The zero-order valence-electron chi connectivity index (χ0n) is 8.60. The monoisotopic (exact) mass is 169 g/mol. The highest BCUT2D eigenvalue weighted by atomic mass is 14.7. The summed E-state index contributed by atoms with van der Waals surface area (Å²) in [6.07, 6.45) is 9.48. The van der Waals surface area contributed by atoms with Crippen molar-refractivity contribution in [1.82, 2.24) is 0 Å². The number of hydrogen-bond acceptors (Lipinski definition) is 1. The Morgan fingerprint density at radius 1 is 1.25 bits per heavy atom. The largest absolute Gasteiger partial charge is 0.328 e. The van der Waals surface area contributed by atoms with Crippen LogP contribution in [0.5, 0.6) is 0 Å². The average Bonchev–Trinajstić information content (AvgIpc) is 2.01. The molecule has 1 nitrogen and oxygen atoms in total. The molecule has 0 amide bonds. The van der Waals surface area contributed by atoms with Crippen LogP contribution in [0.2, 0.25) is 0 Å². The fraction of sp³-hybridized carbons (Fsp3) is 1.00. The summed E-state index contributed by atoms with van der Waals surface area (Å²) in [6, 6.07) is 0.520. The highest BCUT2D eigenvalue weighted by molar-refractivity contribution is 4.94. The van der Waals surface area contributed by atoms with E-state index in [9.17, 15) is 0 Å². The Kier molecular flexibility index (Phi) is 3.57. The van der Waals surface area contributed by atoms with Crippen LogP contribution in [0.4, 0.5) is 0 Å². The summed E-state index contributed by atoms with van der Waals surface area (Å²) < 4.78 is 0. The SMILES string of the molecule is CCCCCC1(CC)CC(N)C1. The Bertz CT molecular complexity index is 125. The van der Waals surface area contributed by atoms with Gasteiger partial charge < -0.3 is 5.73 Å². The Morgan fingerprint density at radius 3 is 2.33 bits per heavy atom. The molecule has 0 aromatic heterocycles. The summed E-state index contributed by atoms with van der Waals surface area (Å²) in [4.78, 5) is 0. The van der Waals surface area contributed by atoms with E-state index in [1.807, 2.05) is 0 Å². The third-order valence-corrected chi connectivity index (χ3v) is 3.45. The number of hydrogen-bond donors (Lipinski definition) is 1. The lowest BCUT2D eigenvalue weighted by atomic mass is 9.62. The van der Waals surface area contributed by atoms with E-state index in [1.165, 1.54) is 44.9 Å². The van der Waals surface area contributed by atoms with E-state index in [4.69, 9.17) is 5.73 Å². The van der Waals surface area contributed by atoms with Gasteiger partial charge in [-0.3, -0.25) is 0 Å². The maximum absolute atomic E-state index is 5.83. The van der Waals surface area contributed by atoms with Gasteiger partial charge in [-0.2, -0.15) is 0 Å². The zero-order valence-corrected chi connectivity index (χ0v) is 8.60. The molecule has 0 radical (unpaired) electrons. The lowest BCUT2D eigenvalue weighted by Crippen LogP contribution is -2.45. The van der Waals surface area contributed by atoms with Crippen LogP contribution >= 0.6 is 0 Å². The quantitative estimate of drug-likeness (QED) is 0.629. The lowest BCUT2D eigenvalue weighted by Gasteiger charge is -2.46. The van der Waals surface area contributed by atoms with Gasteiger partial charge in [-0.1, -0.05) is 39.5 Å². The summed E-state index contributed by atoms with van der Waals surface area (Å²) in [5, 5.41) is 0. The highest BCUT2D eigenvalue weighted by Gasteiger charge is 2.39. The van der Waals surface area contributed by atoms with Crippen LogP contribution in [-0.4, -0.2) is 6.04 Å². The van der Waals surface area contributed by atoms with E-state index in [2.05, 4.69) is 13.8 Å². The van der Waals surface area contributed by atoms with Crippen molar-refractivity contribution in [2.75, 3.05) is 0 Å². The Labute approximate surface area is 76.7 Å². The molecule has 12 heavy (non-hydrogen) atoms. The molecule has 0 heterocycles. The van der Waals surface area contributed by atoms with E-state index in [1.54, 1.807) is 0 Å².